The Hall–Kier alpha value is -3.48. The summed E-state index contributed by atoms with van der Waals surface area (Å²) in [7, 11) is 1.25. The first-order valence-corrected chi connectivity index (χ1v) is 8.44. The van der Waals surface area contributed by atoms with Gasteiger partial charge in [-0.3, -0.25) is 19.3 Å². The minimum absolute atomic E-state index is 0.0823. The van der Waals surface area contributed by atoms with E-state index < -0.39 is 35.8 Å². The van der Waals surface area contributed by atoms with Crippen molar-refractivity contribution in [3.63, 3.8) is 0 Å². The van der Waals surface area contributed by atoms with E-state index in [2.05, 4.69) is 0 Å². The van der Waals surface area contributed by atoms with Gasteiger partial charge in [0.15, 0.2) is 6.04 Å². The predicted octanol–water partition coefficient (Wildman–Crippen LogP) is 1.41. The summed E-state index contributed by atoms with van der Waals surface area (Å²) in [6.45, 7) is 0.0823. The number of esters is 1. The third-order valence-electron chi connectivity index (χ3n) is 4.93. The summed E-state index contributed by atoms with van der Waals surface area (Å²) in [5.41, 5.74) is 1.20. The Morgan fingerprint density at radius 2 is 1.52 bits per heavy atom. The van der Waals surface area contributed by atoms with Gasteiger partial charge in [-0.05, 0) is 17.7 Å². The highest BCUT2D eigenvalue weighted by molar-refractivity contribution is 6.23. The lowest BCUT2D eigenvalue weighted by atomic mass is 9.97. The van der Waals surface area contributed by atoms with E-state index in [-0.39, 0.29) is 6.54 Å². The normalized spacial score (nSPS) is 19.6. The van der Waals surface area contributed by atoms with Crippen LogP contribution in [-0.4, -0.2) is 53.2 Å². The summed E-state index contributed by atoms with van der Waals surface area (Å²) in [6, 6.07) is 13.4. The summed E-state index contributed by atoms with van der Waals surface area (Å²) in [5.74, 6) is -2.00. The smallest absolute Gasteiger partial charge is 0.333 e. The maximum atomic E-state index is 12.8. The quantitative estimate of drug-likeness (QED) is 0.465. The lowest BCUT2D eigenvalue weighted by Crippen LogP contribution is -2.66. The number of methoxy groups -OCH3 is 1. The van der Waals surface area contributed by atoms with Crippen LogP contribution >= 0.6 is 0 Å². The third-order valence-corrected chi connectivity index (χ3v) is 4.93. The minimum atomic E-state index is -0.909. The lowest BCUT2D eigenvalue weighted by molar-refractivity contribution is -0.163. The first-order valence-electron chi connectivity index (χ1n) is 8.44. The number of likely N-dealkylation sites (tertiary alicyclic amines) is 1. The number of hydrogen-bond donors (Lipinski definition) is 0. The molecule has 7 heteroatoms. The zero-order chi connectivity index (χ0) is 19.1. The number of benzene rings is 2. The number of ether oxygens (including phenoxy) is 1. The van der Waals surface area contributed by atoms with Crippen LogP contribution in [0.25, 0.3) is 0 Å². The monoisotopic (exact) mass is 364 g/mol. The second-order valence-electron chi connectivity index (χ2n) is 6.37. The predicted molar refractivity (Wildman–Crippen MR) is 93.6 cm³/mol. The Labute approximate surface area is 155 Å². The van der Waals surface area contributed by atoms with Gasteiger partial charge in [-0.25, -0.2) is 4.79 Å². The van der Waals surface area contributed by atoms with Crippen LogP contribution < -0.4 is 0 Å². The van der Waals surface area contributed by atoms with Crippen molar-refractivity contribution in [1.82, 2.24) is 9.80 Å². The van der Waals surface area contributed by atoms with Gasteiger partial charge < -0.3 is 9.64 Å². The molecule has 2 aromatic carbocycles. The molecule has 0 N–H and O–H groups in total. The second-order valence-corrected chi connectivity index (χ2v) is 6.37. The summed E-state index contributed by atoms with van der Waals surface area (Å²) in [4.78, 5) is 52.5. The molecule has 0 bridgehead atoms. The van der Waals surface area contributed by atoms with Crippen LogP contribution in [0, 0.1) is 0 Å². The maximum Gasteiger partial charge on any atom is 0.333 e. The van der Waals surface area contributed by atoms with Gasteiger partial charge in [-0.15, -0.1) is 0 Å². The molecule has 7 nitrogen and oxygen atoms in total. The number of nitrogens with zero attached hydrogens (tertiary/aromatic N) is 2. The highest BCUT2D eigenvalue weighted by Crippen LogP contribution is 2.34. The van der Waals surface area contributed by atoms with Crippen LogP contribution in [0.5, 0.6) is 0 Å². The van der Waals surface area contributed by atoms with E-state index in [1.807, 2.05) is 0 Å². The van der Waals surface area contributed by atoms with Gasteiger partial charge in [-0.2, -0.15) is 0 Å². The molecule has 27 heavy (non-hydrogen) atoms. The van der Waals surface area contributed by atoms with Crippen molar-refractivity contribution < 1.29 is 23.9 Å². The molecule has 2 aliphatic rings. The number of imide groups is 1. The number of β-lactam (4-membered cyclic amide) rings is 1. The van der Waals surface area contributed by atoms with Crippen LogP contribution in [-0.2, 0) is 14.3 Å². The van der Waals surface area contributed by atoms with Gasteiger partial charge >= 0.3 is 5.97 Å². The Bertz CT molecular complexity index is 921. The minimum Gasteiger partial charge on any atom is -0.467 e. The molecule has 136 valence electrons. The maximum absolute atomic E-state index is 12.8. The molecule has 1 fully saturated rings. The Kier molecular flexibility index (Phi) is 3.99. The van der Waals surface area contributed by atoms with Crippen molar-refractivity contribution >= 4 is 23.7 Å². The number of fused-ring (bicyclic) bond motifs is 1. The summed E-state index contributed by atoms with van der Waals surface area (Å²) < 4.78 is 4.85. The first-order chi connectivity index (χ1) is 13.0. The number of hydrogen-bond acceptors (Lipinski definition) is 5. The standard InChI is InChI=1S/C20H16N2O5/c1-27-20(26)16(12-7-3-2-4-8-12)21-11-15(19(21)25)22-17(23)13-9-5-6-10-14(13)18(22)24/h2-10,15-16H,11H2,1H3. The number of amides is 3. The van der Waals surface area contributed by atoms with Gasteiger partial charge in [-0.1, -0.05) is 42.5 Å². The van der Waals surface area contributed by atoms with Crippen LogP contribution in [0.3, 0.4) is 0 Å². The number of carbonyl (C=O) groups is 4. The topological polar surface area (TPSA) is 84.0 Å². The Morgan fingerprint density at radius 3 is 2.04 bits per heavy atom. The fourth-order valence-corrected chi connectivity index (χ4v) is 3.54. The van der Waals surface area contributed by atoms with Crippen LogP contribution in [0.15, 0.2) is 54.6 Å². The molecule has 0 radical (unpaired) electrons. The first kappa shape index (κ1) is 17.0. The molecule has 1 saturated heterocycles. The fraction of sp³-hybridized carbons (Fsp3) is 0.200. The van der Waals surface area contributed by atoms with E-state index >= 15 is 0 Å². The number of carbonyl (C=O) groups excluding carboxylic acids is 4. The SMILES string of the molecule is COC(=O)C(c1ccccc1)N1CC(N2C(=O)c3ccccc3C2=O)C1=O. The molecule has 0 aromatic heterocycles. The van der Waals surface area contributed by atoms with E-state index in [1.165, 1.54) is 12.0 Å². The van der Waals surface area contributed by atoms with Crippen molar-refractivity contribution in [3.05, 3.63) is 71.3 Å². The van der Waals surface area contributed by atoms with Crippen molar-refractivity contribution in [1.29, 1.82) is 0 Å². The van der Waals surface area contributed by atoms with Gasteiger partial charge in [0.05, 0.1) is 24.8 Å². The molecule has 0 spiro atoms. The molecule has 3 amide bonds. The molecule has 2 atom stereocenters. The molecule has 2 unspecified atom stereocenters. The average Bonchev–Trinajstić information content (AvgIpc) is 2.95. The zero-order valence-electron chi connectivity index (χ0n) is 14.5. The van der Waals surface area contributed by atoms with E-state index in [4.69, 9.17) is 4.74 Å². The summed E-state index contributed by atoms with van der Waals surface area (Å²) in [5, 5.41) is 0. The molecule has 4 rings (SSSR count). The van der Waals surface area contributed by atoms with E-state index in [0.29, 0.717) is 16.7 Å². The largest absolute Gasteiger partial charge is 0.467 e. The highest BCUT2D eigenvalue weighted by atomic mass is 16.5. The second kappa shape index (κ2) is 6.35. The van der Waals surface area contributed by atoms with Crippen molar-refractivity contribution in [2.24, 2.45) is 0 Å². The summed E-state index contributed by atoms with van der Waals surface area (Å²) >= 11 is 0. The van der Waals surface area contributed by atoms with Crippen LogP contribution in [0.1, 0.15) is 32.3 Å². The lowest BCUT2D eigenvalue weighted by Gasteiger charge is -2.45. The van der Waals surface area contributed by atoms with E-state index in [9.17, 15) is 19.2 Å². The number of rotatable bonds is 4. The molecule has 2 aliphatic heterocycles. The van der Waals surface area contributed by atoms with Crippen molar-refractivity contribution in [2.75, 3.05) is 13.7 Å². The third kappa shape index (κ3) is 2.51. The van der Waals surface area contributed by atoms with Gasteiger partial charge in [0.1, 0.15) is 6.04 Å². The molecule has 2 aromatic rings. The summed E-state index contributed by atoms with van der Waals surface area (Å²) in [6.07, 6.45) is 0. The Morgan fingerprint density at radius 1 is 0.963 bits per heavy atom. The van der Waals surface area contributed by atoms with Crippen molar-refractivity contribution in [3.8, 4) is 0 Å². The molecule has 0 aliphatic carbocycles. The van der Waals surface area contributed by atoms with E-state index in [0.717, 1.165) is 4.90 Å². The average molecular weight is 364 g/mol. The van der Waals surface area contributed by atoms with E-state index in [1.54, 1.807) is 54.6 Å². The van der Waals surface area contributed by atoms with Crippen LogP contribution in [0.2, 0.25) is 0 Å². The fourth-order valence-electron chi connectivity index (χ4n) is 3.54. The molecule has 0 saturated carbocycles. The zero-order valence-corrected chi connectivity index (χ0v) is 14.5. The molecular weight excluding hydrogens is 348 g/mol. The van der Waals surface area contributed by atoms with Gasteiger partial charge in [0.25, 0.3) is 11.8 Å². The van der Waals surface area contributed by atoms with Crippen LogP contribution in [0.4, 0.5) is 0 Å². The molecule has 2 heterocycles. The van der Waals surface area contributed by atoms with Gasteiger partial charge in [0.2, 0.25) is 5.91 Å². The molecular formula is C20H16N2O5. The van der Waals surface area contributed by atoms with Crippen molar-refractivity contribution in [2.45, 2.75) is 12.1 Å². The Balaban J connectivity index is 1.59. The highest BCUT2D eigenvalue weighted by Gasteiger charge is 2.52. The van der Waals surface area contributed by atoms with Gasteiger partial charge in [0, 0.05) is 0 Å².